The standard InChI is InChI=1S/C27H23N3O4S/c1-18-28-24-14-12-22(17-26(24)34-18)29-27(31)25(15-19-7-3-2-4-8-19)30-35(32,33)23-13-11-20-9-5-6-10-21(20)16-23/h2-14,16-17,25,30H,15H2,1H3,(H,29,31). The molecule has 4 aromatic carbocycles. The van der Waals surface area contributed by atoms with Gasteiger partial charge in [0.1, 0.15) is 11.6 Å². The van der Waals surface area contributed by atoms with E-state index >= 15 is 0 Å². The Labute approximate surface area is 202 Å². The number of anilines is 1. The minimum absolute atomic E-state index is 0.0978. The fourth-order valence-electron chi connectivity index (χ4n) is 3.97. The summed E-state index contributed by atoms with van der Waals surface area (Å²) in [7, 11) is -3.98. The van der Waals surface area contributed by atoms with E-state index in [0.29, 0.717) is 22.7 Å². The van der Waals surface area contributed by atoms with E-state index < -0.39 is 22.0 Å². The predicted molar refractivity (Wildman–Crippen MR) is 136 cm³/mol. The Morgan fingerprint density at radius 3 is 2.46 bits per heavy atom. The number of nitrogens with one attached hydrogen (secondary N) is 2. The van der Waals surface area contributed by atoms with Gasteiger partial charge in [-0.1, -0.05) is 60.7 Å². The van der Waals surface area contributed by atoms with E-state index in [4.69, 9.17) is 4.42 Å². The highest BCUT2D eigenvalue weighted by Crippen LogP contribution is 2.22. The molecular formula is C27H23N3O4S. The predicted octanol–water partition coefficient (Wildman–Crippen LogP) is 4.82. The second-order valence-electron chi connectivity index (χ2n) is 8.28. The number of hydrogen-bond acceptors (Lipinski definition) is 5. The third-order valence-electron chi connectivity index (χ3n) is 5.69. The van der Waals surface area contributed by atoms with Crippen LogP contribution in [0, 0.1) is 6.92 Å². The van der Waals surface area contributed by atoms with Gasteiger partial charge in [-0.05, 0) is 47.0 Å². The van der Waals surface area contributed by atoms with Gasteiger partial charge in [-0.2, -0.15) is 4.72 Å². The number of carbonyl (C=O) groups excluding carboxylic acids is 1. The van der Waals surface area contributed by atoms with Gasteiger partial charge >= 0.3 is 0 Å². The van der Waals surface area contributed by atoms with Gasteiger partial charge in [0.15, 0.2) is 11.5 Å². The number of fused-ring (bicyclic) bond motifs is 2. The Hall–Kier alpha value is -4.01. The molecule has 35 heavy (non-hydrogen) atoms. The normalized spacial score (nSPS) is 12.6. The summed E-state index contributed by atoms with van der Waals surface area (Å²) in [6, 6.07) is 25.8. The van der Waals surface area contributed by atoms with Crippen LogP contribution in [0.1, 0.15) is 11.5 Å². The molecule has 5 aromatic rings. The molecule has 176 valence electrons. The van der Waals surface area contributed by atoms with Crippen LogP contribution in [0.3, 0.4) is 0 Å². The first-order valence-electron chi connectivity index (χ1n) is 11.1. The van der Waals surface area contributed by atoms with Crippen LogP contribution in [-0.4, -0.2) is 25.4 Å². The fraction of sp³-hybridized carbons (Fsp3) is 0.111. The highest BCUT2D eigenvalue weighted by atomic mass is 32.2. The largest absolute Gasteiger partial charge is 0.441 e. The van der Waals surface area contributed by atoms with E-state index in [1.807, 2.05) is 54.6 Å². The highest BCUT2D eigenvalue weighted by Gasteiger charge is 2.26. The summed E-state index contributed by atoms with van der Waals surface area (Å²) in [5.74, 6) is 0.0439. The molecule has 1 amide bonds. The first kappa shape index (κ1) is 22.8. The summed E-state index contributed by atoms with van der Waals surface area (Å²) in [5.41, 5.74) is 2.53. The Balaban J connectivity index is 1.43. The van der Waals surface area contributed by atoms with Crippen molar-refractivity contribution in [2.45, 2.75) is 24.3 Å². The average molecular weight is 486 g/mol. The molecule has 1 unspecified atom stereocenters. The average Bonchev–Trinajstić information content (AvgIpc) is 3.23. The second kappa shape index (κ2) is 9.32. The summed E-state index contributed by atoms with van der Waals surface area (Å²) in [4.78, 5) is 17.7. The molecular weight excluding hydrogens is 462 g/mol. The van der Waals surface area contributed by atoms with Crippen molar-refractivity contribution in [2.75, 3.05) is 5.32 Å². The van der Waals surface area contributed by atoms with Crippen molar-refractivity contribution < 1.29 is 17.6 Å². The highest BCUT2D eigenvalue weighted by molar-refractivity contribution is 7.89. The van der Waals surface area contributed by atoms with Crippen LogP contribution in [0.15, 0.2) is 100 Å². The van der Waals surface area contributed by atoms with E-state index in [2.05, 4.69) is 15.0 Å². The van der Waals surface area contributed by atoms with Gasteiger partial charge in [0.2, 0.25) is 15.9 Å². The van der Waals surface area contributed by atoms with Crippen LogP contribution in [0.25, 0.3) is 21.9 Å². The zero-order valence-corrected chi connectivity index (χ0v) is 19.7. The summed E-state index contributed by atoms with van der Waals surface area (Å²) >= 11 is 0. The Morgan fingerprint density at radius 1 is 0.914 bits per heavy atom. The molecule has 1 atom stereocenters. The lowest BCUT2D eigenvalue weighted by molar-refractivity contribution is -0.117. The third-order valence-corrected chi connectivity index (χ3v) is 7.16. The molecule has 1 heterocycles. The minimum atomic E-state index is -3.98. The Morgan fingerprint density at radius 2 is 1.66 bits per heavy atom. The van der Waals surface area contributed by atoms with Gasteiger partial charge in [-0.3, -0.25) is 4.79 Å². The van der Waals surface area contributed by atoms with Crippen molar-refractivity contribution in [2.24, 2.45) is 0 Å². The molecule has 0 aliphatic rings. The lowest BCUT2D eigenvalue weighted by Gasteiger charge is -2.19. The number of nitrogens with zero attached hydrogens (tertiary/aromatic N) is 1. The molecule has 8 heteroatoms. The summed E-state index contributed by atoms with van der Waals surface area (Å²) < 4.78 is 34.7. The molecule has 2 N–H and O–H groups in total. The maximum atomic E-state index is 13.3. The number of carbonyl (C=O) groups is 1. The zero-order valence-electron chi connectivity index (χ0n) is 18.9. The summed E-state index contributed by atoms with van der Waals surface area (Å²) in [6.45, 7) is 1.75. The van der Waals surface area contributed by atoms with Crippen LogP contribution >= 0.6 is 0 Å². The Kier molecular flexibility index (Phi) is 6.07. The number of oxazole rings is 1. The molecule has 0 aliphatic carbocycles. The molecule has 0 saturated carbocycles. The number of amides is 1. The van der Waals surface area contributed by atoms with Crippen molar-refractivity contribution in [3.05, 3.63) is 102 Å². The van der Waals surface area contributed by atoms with E-state index in [9.17, 15) is 13.2 Å². The molecule has 0 spiro atoms. The molecule has 1 aromatic heterocycles. The monoisotopic (exact) mass is 485 g/mol. The lowest BCUT2D eigenvalue weighted by Crippen LogP contribution is -2.45. The van der Waals surface area contributed by atoms with Crippen LogP contribution < -0.4 is 10.0 Å². The number of hydrogen-bond donors (Lipinski definition) is 2. The fourth-order valence-corrected chi connectivity index (χ4v) is 5.20. The van der Waals surface area contributed by atoms with Gasteiger partial charge in [0.25, 0.3) is 0 Å². The second-order valence-corrected chi connectivity index (χ2v) is 9.99. The first-order chi connectivity index (χ1) is 16.9. The quantitative estimate of drug-likeness (QED) is 0.344. The number of aryl methyl sites for hydroxylation is 1. The van der Waals surface area contributed by atoms with Crippen molar-refractivity contribution in [1.82, 2.24) is 9.71 Å². The van der Waals surface area contributed by atoms with Crippen LogP contribution in [0.4, 0.5) is 5.69 Å². The van der Waals surface area contributed by atoms with Gasteiger partial charge in [-0.25, -0.2) is 13.4 Å². The molecule has 5 rings (SSSR count). The van der Waals surface area contributed by atoms with Crippen molar-refractivity contribution in [1.29, 1.82) is 0 Å². The number of aromatic nitrogens is 1. The lowest BCUT2D eigenvalue weighted by atomic mass is 10.1. The minimum Gasteiger partial charge on any atom is -0.441 e. The molecule has 0 radical (unpaired) electrons. The van der Waals surface area contributed by atoms with Gasteiger partial charge in [0.05, 0.1) is 4.90 Å². The number of benzene rings is 4. The Bertz CT molecular complexity index is 1630. The molecule has 0 aliphatic heterocycles. The molecule has 0 saturated heterocycles. The van der Waals surface area contributed by atoms with Crippen LogP contribution in [0.2, 0.25) is 0 Å². The maximum Gasteiger partial charge on any atom is 0.242 e. The number of rotatable bonds is 7. The molecule has 0 bridgehead atoms. The number of sulfonamides is 1. The van der Waals surface area contributed by atoms with Crippen LogP contribution in [-0.2, 0) is 21.2 Å². The first-order valence-corrected chi connectivity index (χ1v) is 12.6. The van der Waals surface area contributed by atoms with E-state index in [1.165, 1.54) is 0 Å². The molecule has 7 nitrogen and oxygen atoms in total. The zero-order chi connectivity index (χ0) is 24.4. The summed E-state index contributed by atoms with van der Waals surface area (Å²) in [5, 5.41) is 4.55. The van der Waals surface area contributed by atoms with Gasteiger partial charge in [-0.15, -0.1) is 0 Å². The summed E-state index contributed by atoms with van der Waals surface area (Å²) in [6.07, 6.45) is 0.184. The van der Waals surface area contributed by atoms with Crippen molar-refractivity contribution >= 4 is 43.5 Å². The van der Waals surface area contributed by atoms with Gasteiger partial charge < -0.3 is 9.73 Å². The van der Waals surface area contributed by atoms with Crippen LogP contribution in [0.5, 0.6) is 0 Å². The van der Waals surface area contributed by atoms with E-state index in [1.54, 1.807) is 43.3 Å². The van der Waals surface area contributed by atoms with E-state index in [-0.39, 0.29) is 11.3 Å². The SMILES string of the molecule is Cc1nc2ccc(NC(=O)C(Cc3ccccc3)NS(=O)(=O)c3ccc4ccccc4c3)cc2o1. The smallest absolute Gasteiger partial charge is 0.242 e. The van der Waals surface area contributed by atoms with Crippen molar-refractivity contribution in [3.8, 4) is 0 Å². The van der Waals surface area contributed by atoms with E-state index in [0.717, 1.165) is 16.3 Å². The maximum absolute atomic E-state index is 13.3. The van der Waals surface area contributed by atoms with Crippen molar-refractivity contribution in [3.63, 3.8) is 0 Å². The topological polar surface area (TPSA) is 101 Å². The third kappa shape index (κ3) is 5.08. The van der Waals surface area contributed by atoms with Gasteiger partial charge in [0, 0.05) is 18.7 Å². The molecule has 0 fully saturated rings.